The highest BCUT2D eigenvalue weighted by Gasteiger charge is 2.18. The summed E-state index contributed by atoms with van der Waals surface area (Å²) in [7, 11) is 0. The molecule has 0 fully saturated rings. The van der Waals surface area contributed by atoms with Gasteiger partial charge in [0.2, 0.25) is 0 Å². The van der Waals surface area contributed by atoms with E-state index < -0.39 is 0 Å². The van der Waals surface area contributed by atoms with Crippen molar-refractivity contribution < 1.29 is 4.74 Å². The first-order valence-electron chi connectivity index (χ1n) is 7.40. The normalized spacial score (nSPS) is 15.1. The van der Waals surface area contributed by atoms with Gasteiger partial charge in [0.25, 0.3) is 0 Å². The topological polar surface area (TPSA) is 40.2 Å². The summed E-state index contributed by atoms with van der Waals surface area (Å²) in [6.07, 6.45) is 5.13. The van der Waals surface area contributed by atoms with Gasteiger partial charge in [-0.25, -0.2) is 0 Å². The van der Waals surface area contributed by atoms with Gasteiger partial charge in [-0.1, -0.05) is 25.4 Å². The van der Waals surface area contributed by atoms with Crippen molar-refractivity contribution in [3.05, 3.63) is 52.3 Å². The van der Waals surface area contributed by atoms with Crippen LogP contribution in [0.15, 0.2) is 30.6 Å². The summed E-state index contributed by atoms with van der Waals surface area (Å²) in [5.74, 6) is 1.43. The van der Waals surface area contributed by atoms with Crippen molar-refractivity contribution in [1.29, 1.82) is 0 Å². The molecule has 1 unspecified atom stereocenters. The van der Waals surface area contributed by atoms with E-state index in [2.05, 4.69) is 36.9 Å². The highest BCUT2D eigenvalue weighted by atomic mass is 35.5. The second-order valence-corrected chi connectivity index (χ2v) is 6.48. The number of hydrogen-bond acceptors (Lipinski definition) is 2. The van der Waals surface area contributed by atoms with E-state index in [1.807, 2.05) is 12.1 Å². The highest BCUT2D eigenvalue weighted by molar-refractivity contribution is 6.30. The molecular weight excluding hydrogens is 284 g/mol. The van der Waals surface area contributed by atoms with Crippen LogP contribution in [0.1, 0.15) is 36.6 Å². The third-order valence-corrected chi connectivity index (χ3v) is 4.27. The van der Waals surface area contributed by atoms with E-state index in [-0.39, 0.29) is 6.04 Å². The third kappa shape index (κ3) is 2.94. The molecule has 21 heavy (non-hydrogen) atoms. The molecule has 3 nitrogen and oxygen atoms in total. The molecule has 1 aromatic carbocycles. The Labute approximate surface area is 130 Å². The summed E-state index contributed by atoms with van der Waals surface area (Å²) in [6, 6.07) is 6.17. The smallest absolute Gasteiger partial charge is 0.127 e. The number of fused-ring (bicyclic) bond motifs is 1. The molecule has 112 valence electrons. The van der Waals surface area contributed by atoms with Gasteiger partial charge < -0.3 is 15.0 Å². The van der Waals surface area contributed by atoms with Crippen LogP contribution in [-0.4, -0.2) is 11.2 Å². The first-order valence-corrected chi connectivity index (χ1v) is 7.77. The molecule has 0 radical (unpaired) electrons. The van der Waals surface area contributed by atoms with Gasteiger partial charge in [0, 0.05) is 35.4 Å². The molecule has 0 amide bonds. The summed E-state index contributed by atoms with van der Waals surface area (Å²) in [4.78, 5) is 0. The van der Waals surface area contributed by atoms with Gasteiger partial charge in [-0.05, 0) is 35.2 Å². The summed E-state index contributed by atoms with van der Waals surface area (Å²) in [5.41, 5.74) is 9.72. The van der Waals surface area contributed by atoms with Crippen LogP contribution in [0.25, 0.3) is 0 Å². The monoisotopic (exact) mass is 304 g/mol. The second kappa shape index (κ2) is 5.74. The van der Waals surface area contributed by atoms with Crippen molar-refractivity contribution in [3.63, 3.8) is 0 Å². The predicted molar refractivity (Wildman–Crippen MR) is 86.0 cm³/mol. The van der Waals surface area contributed by atoms with Crippen molar-refractivity contribution in [1.82, 2.24) is 4.57 Å². The molecule has 1 aliphatic heterocycles. The minimum absolute atomic E-state index is 0.0765. The van der Waals surface area contributed by atoms with Crippen molar-refractivity contribution in [2.24, 2.45) is 11.7 Å². The largest absolute Gasteiger partial charge is 0.493 e. The Morgan fingerprint density at radius 3 is 2.95 bits per heavy atom. The van der Waals surface area contributed by atoms with Crippen molar-refractivity contribution in [2.45, 2.75) is 32.9 Å². The molecule has 0 spiro atoms. The number of benzene rings is 1. The molecule has 1 atom stereocenters. The molecule has 0 saturated carbocycles. The van der Waals surface area contributed by atoms with Gasteiger partial charge in [0.15, 0.2) is 0 Å². The van der Waals surface area contributed by atoms with E-state index >= 15 is 0 Å². The maximum Gasteiger partial charge on any atom is 0.127 e. The van der Waals surface area contributed by atoms with Crippen LogP contribution < -0.4 is 10.5 Å². The standard InChI is InChI=1S/C17H21ClN2O/c1-11(2)16(19)13-3-5-20(9-13)10-14-8-15(18)7-12-4-6-21-17(12)14/h3,5,7-9,11,16H,4,6,10,19H2,1-2H3. The Morgan fingerprint density at radius 1 is 1.38 bits per heavy atom. The van der Waals surface area contributed by atoms with Crippen LogP contribution in [0.2, 0.25) is 5.02 Å². The molecule has 4 heteroatoms. The molecule has 2 heterocycles. The van der Waals surface area contributed by atoms with Crippen molar-refractivity contribution >= 4 is 11.6 Å². The van der Waals surface area contributed by atoms with Gasteiger partial charge in [-0.3, -0.25) is 0 Å². The lowest BCUT2D eigenvalue weighted by molar-refractivity contribution is 0.352. The lowest BCUT2D eigenvalue weighted by Crippen LogP contribution is -2.15. The van der Waals surface area contributed by atoms with Crippen LogP contribution in [0.5, 0.6) is 5.75 Å². The Balaban J connectivity index is 1.85. The fourth-order valence-electron chi connectivity index (χ4n) is 2.80. The minimum atomic E-state index is 0.0765. The van der Waals surface area contributed by atoms with Crippen LogP contribution >= 0.6 is 11.6 Å². The van der Waals surface area contributed by atoms with Gasteiger partial charge in [-0.2, -0.15) is 0 Å². The number of nitrogens with two attached hydrogens (primary N) is 1. The maximum atomic E-state index is 6.21. The van der Waals surface area contributed by atoms with E-state index in [0.717, 1.165) is 35.9 Å². The highest BCUT2D eigenvalue weighted by Crippen LogP contribution is 2.33. The van der Waals surface area contributed by atoms with Gasteiger partial charge in [-0.15, -0.1) is 0 Å². The fourth-order valence-corrected chi connectivity index (χ4v) is 3.06. The second-order valence-electron chi connectivity index (χ2n) is 6.04. The van der Waals surface area contributed by atoms with E-state index in [4.69, 9.17) is 22.1 Å². The number of aromatic nitrogens is 1. The summed E-state index contributed by atoms with van der Waals surface area (Å²) in [6.45, 7) is 5.78. The Morgan fingerprint density at radius 2 is 2.19 bits per heavy atom. The molecule has 0 aliphatic carbocycles. The van der Waals surface area contributed by atoms with Gasteiger partial charge >= 0.3 is 0 Å². The zero-order chi connectivity index (χ0) is 15.0. The first kappa shape index (κ1) is 14.5. The van der Waals surface area contributed by atoms with E-state index in [1.165, 1.54) is 11.1 Å². The van der Waals surface area contributed by atoms with Gasteiger partial charge in [0.1, 0.15) is 5.75 Å². The number of nitrogens with zero attached hydrogens (tertiary/aromatic N) is 1. The molecule has 0 bridgehead atoms. The minimum Gasteiger partial charge on any atom is -0.493 e. The number of ether oxygens (including phenoxy) is 1. The van der Waals surface area contributed by atoms with E-state index in [0.29, 0.717) is 5.92 Å². The van der Waals surface area contributed by atoms with E-state index in [9.17, 15) is 0 Å². The lowest BCUT2D eigenvalue weighted by atomic mass is 10.00. The van der Waals surface area contributed by atoms with E-state index in [1.54, 1.807) is 0 Å². The van der Waals surface area contributed by atoms with Crippen molar-refractivity contribution in [2.75, 3.05) is 6.61 Å². The fraction of sp³-hybridized carbons (Fsp3) is 0.412. The van der Waals surface area contributed by atoms with Crippen LogP contribution in [0, 0.1) is 5.92 Å². The number of rotatable bonds is 4. The predicted octanol–water partition coefficient (Wildman–Crippen LogP) is 3.78. The molecule has 1 aromatic heterocycles. The molecule has 3 rings (SSSR count). The summed E-state index contributed by atoms with van der Waals surface area (Å²) in [5, 5.41) is 0.778. The summed E-state index contributed by atoms with van der Waals surface area (Å²) >= 11 is 6.21. The first-order chi connectivity index (χ1) is 10.0. The average molecular weight is 305 g/mol. The Hall–Kier alpha value is -1.45. The average Bonchev–Trinajstić information content (AvgIpc) is 3.06. The number of halogens is 1. The molecular formula is C17H21ClN2O. The summed E-state index contributed by atoms with van der Waals surface area (Å²) < 4.78 is 7.90. The molecule has 2 aromatic rings. The Kier molecular flexibility index (Phi) is 3.96. The molecule has 1 aliphatic rings. The van der Waals surface area contributed by atoms with Crippen LogP contribution in [0.3, 0.4) is 0 Å². The Bertz CT molecular complexity index is 648. The number of hydrogen-bond donors (Lipinski definition) is 1. The van der Waals surface area contributed by atoms with Crippen LogP contribution in [-0.2, 0) is 13.0 Å². The lowest BCUT2D eigenvalue weighted by Gasteiger charge is -2.14. The third-order valence-electron chi connectivity index (χ3n) is 4.05. The molecule has 2 N–H and O–H groups in total. The quantitative estimate of drug-likeness (QED) is 0.934. The zero-order valence-corrected chi connectivity index (χ0v) is 13.2. The van der Waals surface area contributed by atoms with Crippen LogP contribution in [0.4, 0.5) is 0 Å². The van der Waals surface area contributed by atoms with Gasteiger partial charge in [0.05, 0.1) is 13.2 Å². The SMILES string of the molecule is CC(C)C(N)c1ccn(Cc2cc(Cl)cc3c2OCC3)c1. The zero-order valence-electron chi connectivity index (χ0n) is 12.5. The van der Waals surface area contributed by atoms with Crippen molar-refractivity contribution in [3.8, 4) is 5.75 Å². The molecule has 0 saturated heterocycles. The maximum absolute atomic E-state index is 6.21.